The monoisotopic (exact) mass is 457 g/mol. The molecule has 0 amide bonds. The number of nitrogens with zero attached hydrogens (tertiary/aromatic N) is 4. The summed E-state index contributed by atoms with van der Waals surface area (Å²) in [4.78, 5) is 20.3. The summed E-state index contributed by atoms with van der Waals surface area (Å²) < 4.78 is 2.06. The largest absolute Gasteiger partial charge is 0.313 e. The van der Waals surface area contributed by atoms with Crippen molar-refractivity contribution in [1.82, 2.24) is 24.9 Å². The number of Topliss-reactive ketones (excluding diaryl/α,β-unsaturated/α-hetero) is 1. The molecule has 1 aromatic heterocycles. The molecule has 2 aromatic rings. The highest BCUT2D eigenvalue weighted by Gasteiger charge is 2.35. The molecule has 0 aliphatic carbocycles. The second-order valence-corrected chi connectivity index (χ2v) is 7.54. The minimum atomic E-state index is -0.293. The lowest BCUT2D eigenvalue weighted by Crippen LogP contribution is -2.34. The molecule has 0 bridgehead atoms. The molecule has 1 atom stereocenters. The van der Waals surface area contributed by atoms with Gasteiger partial charge in [-0.2, -0.15) is 0 Å². The fraction of sp³-hybridized carbons (Fsp3) is 0.400. The smallest absolute Gasteiger partial charge is 0.195 e. The number of rotatable bonds is 5. The Morgan fingerprint density at radius 2 is 1.93 bits per heavy atom. The molecular weight excluding hydrogens is 433 g/mol. The van der Waals surface area contributed by atoms with Gasteiger partial charge in [0.15, 0.2) is 5.78 Å². The molecule has 158 valence electrons. The minimum absolute atomic E-state index is 0. The van der Waals surface area contributed by atoms with E-state index in [9.17, 15) is 4.79 Å². The topological polar surface area (TPSA) is 53.4 Å². The third-order valence-electron chi connectivity index (χ3n) is 5.44. The maximum Gasteiger partial charge on any atom is 0.195 e. The molecule has 4 rings (SSSR count). The average molecular weight is 459 g/mol. The predicted molar refractivity (Wildman–Crippen MR) is 120 cm³/mol. The number of hydrazine groups is 1. The molecule has 2 aliphatic heterocycles. The van der Waals surface area contributed by atoms with E-state index in [0.717, 1.165) is 31.2 Å². The van der Waals surface area contributed by atoms with E-state index in [1.807, 2.05) is 37.3 Å². The Kier molecular flexibility index (Phi) is 8.14. The number of imidazole rings is 1. The fourth-order valence-electron chi connectivity index (χ4n) is 3.85. The number of hydrogen-bond acceptors (Lipinski definition) is 5. The molecule has 9 heteroatoms. The third kappa shape index (κ3) is 4.62. The number of aromatic nitrogens is 2. The Hall–Kier alpha value is -1.57. The molecular formula is C20H26Cl3N5O. The van der Waals surface area contributed by atoms with E-state index in [1.54, 1.807) is 18.3 Å². The molecule has 6 nitrogen and oxygen atoms in total. The van der Waals surface area contributed by atoms with Crippen LogP contribution in [0.4, 0.5) is 0 Å². The highest BCUT2D eigenvalue weighted by molar-refractivity contribution is 6.35. The van der Waals surface area contributed by atoms with E-state index in [4.69, 9.17) is 11.6 Å². The quantitative estimate of drug-likeness (QED) is 0.684. The Labute approximate surface area is 188 Å². The zero-order valence-electron chi connectivity index (χ0n) is 16.5. The van der Waals surface area contributed by atoms with E-state index in [0.29, 0.717) is 16.2 Å². The van der Waals surface area contributed by atoms with Gasteiger partial charge in [-0.15, -0.1) is 24.8 Å². The van der Waals surface area contributed by atoms with Gasteiger partial charge in [-0.05, 0) is 45.0 Å². The van der Waals surface area contributed by atoms with Crippen molar-refractivity contribution in [3.63, 3.8) is 0 Å². The van der Waals surface area contributed by atoms with Gasteiger partial charge in [0.05, 0.1) is 17.1 Å². The zero-order valence-corrected chi connectivity index (χ0v) is 18.9. The van der Waals surface area contributed by atoms with Crippen LogP contribution in [0.25, 0.3) is 0 Å². The number of carbonyl (C=O) groups is 1. The first-order valence-corrected chi connectivity index (χ1v) is 9.68. The molecule has 1 fully saturated rings. The summed E-state index contributed by atoms with van der Waals surface area (Å²) in [6.07, 6.45) is 5.92. The Morgan fingerprint density at radius 3 is 2.62 bits per heavy atom. The summed E-state index contributed by atoms with van der Waals surface area (Å²) in [5.74, 6) is 0.905. The number of halogens is 3. The van der Waals surface area contributed by atoms with Crippen molar-refractivity contribution in [2.75, 3.05) is 20.1 Å². The normalized spacial score (nSPS) is 19.3. The van der Waals surface area contributed by atoms with E-state index >= 15 is 0 Å². The second kappa shape index (κ2) is 9.96. The molecule has 1 N–H and O–H groups in total. The van der Waals surface area contributed by atoms with Crippen LogP contribution < -0.4 is 5.43 Å². The lowest BCUT2D eigenvalue weighted by molar-refractivity contribution is 0.102. The van der Waals surface area contributed by atoms with Gasteiger partial charge in [0, 0.05) is 30.7 Å². The van der Waals surface area contributed by atoms with Crippen LogP contribution in [0.15, 0.2) is 47.9 Å². The van der Waals surface area contributed by atoms with E-state index in [2.05, 4.69) is 19.9 Å². The number of nitrogens with one attached hydrogen (secondary N) is 1. The van der Waals surface area contributed by atoms with Crippen LogP contribution in [0.5, 0.6) is 0 Å². The second-order valence-electron chi connectivity index (χ2n) is 7.13. The van der Waals surface area contributed by atoms with Crippen molar-refractivity contribution in [1.29, 1.82) is 0 Å². The van der Waals surface area contributed by atoms with Gasteiger partial charge < -0.3 is 9.58 Å². The highest BCUT2D eigenvalue weighted by atomic mass is 35.5. The van der Waals surface area contributed by atoms with Crippen LogP contribution in [0, 0.1) is 0 Å². The fourth-order valence-corrected chi connectivity index (χ4v) is 4.07. The van der Waals surface area contributed by atoms with Gasteiger partial charge in [-0.25, -0.2) is 10.4 Å². The standard InChI is InChI=1S/C20H24ClN5O.2ClH/c1-14-18(19(27)15-7-3-4-8-16(15)21)20(23-24(14)2)26-12-9-22-17(26)13-25-10-5-6-11-25;;/h3-4,7-9,12,20,23H,5-6,10-11,13H2,1-2H3;2*1H. The van der Waals surface area contributed by atoms with Crippen LogP contribution in [-0.4, -0.2) is 45.4 Å². The number of benzene rings is 1. The molecule has 3 heterocycles. The predicted octanol–water partition coefficient (Wildman–Crippen LogP) is 4.08. The third-order valence-corrected chi connectivity index (χ3v) is 5.77. The van der Waals surface area contributed by atoms with Gasteiger partial charge >= 0.3 is 0 Å². The number of carbonyl (C=O) groups excluding carboxylic acids is 1. The lowest BCUT2D eigenvalue weighted by atomic mass is 10.00. The van der Waals surface area contributed by atoms with Crippen molar-refractivity contribution in [2.45, 2.75) is 32.5 Å². The van der Waals surface area contributed by atoms with Crippen molar-refractivity contribution < 1.29 is 4.79 Å². The van der Waals surface area contributed by atoms with Gasteiger partial charge in [-0.1, -0.05) is 23.7 Å². The molecule has 1 unspecified atom stereocenters. The minimum Gasteiger partial charge on any atom is -0.313 e. The van der Waals surface area contributed by atoms with E-state index in [-0.39, 0.29) is 36.8 Å². The van der Waals surface area contributed by atoms with Crippen LogP contribution >= 0.6 is 36.4 Å². The van der Waals surface area contributed by atoms with Gasteiger partial charge in [0.1, 0.15) is 12.0 Å². The number of likely N-dealkylation sites (tertiary alicyclic amines) is 1. The van der Waals surface area contributed by atoms with Gasteiger partial charge in [-0.3, -0.25) is 9.69 Å². The van der Waals surface area contributed by atoms with Crippen molar-refractivity contribution in [3.05, 3.63) is 64.3 Å². The maximum absolute atomic E-state index is 13.3. The number of allylic oxidation sites excluding steroid dienone is 1. The van der Waals surface area contributed by atoms with Crippen molar-refractivity contribution in [3.8, 4) is 0 Å². The number of hydrogen-bond donors (Lipinski definition) is 1. The van der Waals surface area contributed by atoms with Crippen molar-refractivity contribution >= 4 is 42.2 Å². The molecule has 2 aliphatic rings. The molecule has 0 spiro atoms. The summed E-state index contributed by atoms with van der Waals surface area (Å²) in [7, 11) is 1.92. The van der Waals surface area contributed by atoms with Gasteiger partial charge in [0.2, 0.25) is 0 Å². The molecule has 1 saturated heterocycles. The first kappa shape index (κ1) is 23.7. The Bertz CT molecular complexity index is 892. The summed E-state index contributed by atoms with van der Waals surface area (Å²) >= 11 is 6.30. The van der Waals surface area contributed by atoms with Crippen LogP contribution in [0.1, 0.15) is 42.1 Å². The molecule has 29 heavy (non-hydrogen) atoms. The molecule has 0 radical (unpaired) electrons. The van der Waals surface area contributed by atoms with Crippen LogP contribution in [0.3, 0.4) is 0 Å². The SMILES string of the molecule is CC1=C(C(=O)c2ccccc2Cl)C(n2ccnc2CN2CCCC2)NN1C.Cl.Cl. The highest BCUT2D eigenvalue weighted by Crippen LogP contribution is 2.32. The summed E-state index contributed by atoms with van der Waals surface area (Å²) in [6.45, 7) is 4.95. The summed E-state index contributed by atoms with van der Waals surface area (Å²) in [6, 6.07) is 7.20. The van der Waals surface area contributed by atoms with Crippen LogP contribution in [-0.2, 0) is 6.54 Å². The van der Waals surface area contributed by atoms with Crippen molar-refractivity contribution in [2.24, 2.45) is 0 Å². The van der Waals surface area contributed by atoms with E-state index < -0.39 is 0 Å². The lowest BCUT2D eigenvalue weighted by Gasteiger charge is -2.22. The Morgan fingerprint density at radius 1 is 1.24 bits per heavy atom. The molecule has 1 aromatic carbocycles. The Balaban J connectivity index is 0.00000150. The first-order valence-electron chi connectivity index (χ1n) is 9.30. The first-order chi connectivity index (χ1) is 13.1. The van der Waals surface area contributed by atoms with E-state index in [1.165, 1.54) is 12.8 Å². The average Bonchev–Trinajstić information content (AvgIpc) is 3.38. The zero-order chi connectivity index (χ0) is 19.0. The maximum atomic E-state index is 13.3. The van der Waals surface area contributed by atoms with Crippen LogP contribution in [0.2, 0.25) is 5.02 Å². The summed E-state index contributed by atoms with van der Waals surface area (Å²) in [5, 5.41) is 2.37. The number of ketones is 1. The van der Waals surface area contributed by atoms with Gasteiger partial charge in [0.25, 0.3) is 0 Å². The summed E-state index contributed by atoms with van der Waals surface area (Å²) in [5.41, 5.74) is 5.51. The molecule has 0 saturated carbocycles.